The Kier molecular flexibility index (Phi) is 4.99. The predicted molar refractivity (Wildman–Crippen MR) is 57.0 cm³/mol. The molecule has 0 aromatic carbocycles. The lowest BCUT2D eigenvalue weighted by atomic mass is 10.4. The lowest BCUT2D eigenvalue weighted by molar-refractivity contribution is -0.139. The molecule has 0 unspecified atom stereocenters. The molecule has 96 valence electrons. The second-order valence-corrected chi connectivity index (χ2v) is 3.38. The lowest BCUT2D eigenvalue weighted by Crippen LogP contribution is -2.13. The van der Waals surface area contributed by atoms with Gasteiger partial charge in [-0.2, -0.15) is 18.2 Å². The highest BCUT2D eigenvalue weighted by molar-refractivity contribution is 5.32. The topological polar surface area (TPSA) is 47.0 Å². The molecule has 0 aliphatic rings. The van der Waals surface area contributed by atoms with Gasteiger partial charge < -0.3 is 10.1 Å². The molecule has 0 amide bonds. The summed E-state index contributed by atoms with van der Waals surface area (Å²) in [5.41, 5.74) is 0. The number of nitrogens with zero attached hydrogens (tertiary/aromatic N) is 2. The van der Waals surface area contributed by atoms with E-state index in [1.165, 1.54) is 12.4 Å². The van der Waals surface area contributed by atoms with E-state index in [0.29, 0.717) is 5.82 Å². The number of rotatable bonds is 6. The van der Waals surface area contributed by atoms with E-state index >= 15 is 0 Å². The summed E-state index contributed by atoms with van der Waals surface area (Å²) in [5.74, 6) is 0.590. The van der Waals surface area contributed by atoms with E-state index in [1.54, 1.807) is 0 Å². The maximum atomic E-state index is 11.9. The summed E-state index contributed by atoms with van der Waals surface area (Å²) in [6.07, 6.45) is -1.52. The summed E-state index contributed by atoms with van der Waals surface area (Å²) < 4.78 is 40.5. The molecule has 1 N–H and O–H groups in total. The summed E-state index contributed by atoms with van der Waals surface area (Å²) in [4.78, 5) is 7.79. The number of anilines is 1. The van der Waals surface area contributed by atoms with Gasteiger partial charge in [-0.15, -0.1) is 0 Å². The lowest BCUT2D eigenvalue weighted by Gasteiger charge is -2.09. The van der Waals surface area contributed by atoms with Crippen molar-refractivity contribution in [2.75, 3.05) is 18.5 Å². The zero-order chi connectivity index (χ0) is 12.7. The highest BCUT2D eigenvalue weighted by Gasteiger charge is 2.26. The third-order valence-electron chi connectivity index (χ3n) is 1.80. The van der Waals surface area contributed by atoms with Gasteiger partial charge in [0, 0.05) is 6.54 Å². The number of hydrogen-bond acceptors (Lipinski definition) is 4. The van der Waals surface area contributed by atoms with Crippen molar-refractivity contribution in [1.29, 1.82) is 0 Å². The average molecular weight is 249 g/mol. The molecule has 1 heterocycles. The van der Waals surface area contributed by atoms with Gasteiger partial charge in [0.1, 0.15) is 5.82 Å². The highest BCUT2D eigenvalue weighted by atomic mass is 19.4. The molecule has 1 aromatic rings. The normalized spacial score (nSPS) is 11.3. The Morgan fingerprint density at radius 3 is 2.76 bits per heavy atom. The van der Waals surface area contributed by atoms with Crippen molar-refractivity contribution in [3.8, 4) is 5.88 Å². The molecule has 4 nitrogen and oxygen atoms in total. The van der Waals surface area contributed by atoms with Crippen molar-refractivity contribution < 1.29 is 17.9 Å². The Hall–Kier alpha value is -1.53. The van der Waals surface area contributed by atoms with E-state index in [9.17, 15) is 13.2 Å². The Bertz CT molecular complexity index is 344. The zero-order valence-electron chi connectivity index (χ0n) is 9.42. The quantitative estimate of drug-likeness (QED) is 0.841. The SMILES string of the molecule is CCCNc1cncc(OCCC(F)(F)F)n1. The van der Waals surface area contributed by atoms with E-state index in [0.717, 1.165) is 13.0 Å². The van der Waals surface area contributed by atoms with E-state index < -0.39 is 19.2 Å². The number of alkyl halides is 3. The van der Waals surface area contributed by atoms with Crippen molar-refractivity contribution in [1.82, 2.24) is 9.97 Å². The van der Waals surface area contributed by atoms with Crippen molar-refractivity contribution in [3.05, 3.63) is 12.4 Å². The molecule has 7 heteroatoms. The first-order valence-electron chi connectivity index (χ1n) is 5.26. The largest absolute Gasteiger partial charge is 0.476 e. The number of ether oxygens (including phenoxy) is 1. The average Bonchev–Trinajstić information content (AvgIpc) is 2.25. The molecule has 0 aliphatic heterocycles. The summed E-state index contributed by atoms with van der Waals surface area (Å²) in [5, 5.41) is 2.97. The molecule has 1 rings (SSSR count). The van der Waals surface area contributed by atoms with E-state index in [2.05, 4.69) is 15.3 Å². The van der Waals surface area contributed by atoms with Crippen LogP contribution in [0, 0.1) is 0 Å². The van der Waals surface area contributed by atoms with Crippen LogP contribution in [0.5, 0.6) is 5.88 Å². The van der Waals surface area contributed by atoms with Gasteiger partial charge in [0.15, 0.2) is 0 Å². The molecule has 0 atom stereocenters. The molecule has 0 fully saturated rings. The smallest absolute Gasteiger partial charge is 0.392 e. The Morgan fingerprint density at radius 1 is 1.35 bits per heavy atom. The minimum absolute atomic E-state index is 0.0929. The maximum Gasteiger partial charge on any atom is 0.392 e. The first-order valence-corrected chi connectivity index (χ1v) is 5.26. The number of halogens is 3. The predicted octanol–water partition coefficient (Wildman–Crippen LogP) is 2.63. The second kappa shape index (κ2) is 6.27. The van der Waals surface area contributed by atoms with E-state index in [-0.39, 0.29) is 5.88 Å². The van der Waals surface area contributed by atoms with Gasteiger partial charge in [0.2, 0.25) is 5.88 Å². The number of hydrogen-bond donors (Lipinski definition) is 1. The molecular formula is C10H14F3N3O. The van der Waals surface area contributed by atoms with Crippen molar-refractivity contribution in [2.45, 2.75) is 25.9 Å². The molecule has 0 radical (unpaired) electrons. The van der Waals surface area contributed by atoms with Crippen LogP contribution in [0.3, 0.4) is 0 Å². The Balaban J connectivity index is 2.43. The Morgan fingerprint density at radius 2 is 2.12 bits per heavy atom. The van der Waals surface area contributed by atoms with Crippen molar-refractivity contribution in [2.24, 2.45) is 0 Å². The third kappa shape index (κ3) is 5.94. The van der Waals surface area contributed by atoms with Crippen LogP contribution in [-0.2, 0) is 0 Å². The molecule has 0 saturated heterocycles. The molecule has 0 bridgehead atoms. The van der Waals surface area contributed by atoms with Gasteiger partial charge in [0.25, 0.3) is 0 Å². The van der Waals surface area contributed by atoms with Crippen LogP contribution in [0.2, 0.25) is 0 Å². The first kappa shape index (κ1) is 13.5. The van der Waals surface area contributed by atoms with Gasteiger partial charge in [-0.3, -0.25) is 4.98 Å². The van der Waals surface area contributed by atoms with Gasteiger partial charge in [-0.25, -0.2) is 0 Å². The minimum Gasteiger partial charge on any atom is -0.476 e. The second-order valence-electron chi connectivity index (χ2n) is 3.38. The maximum absolute atomic E-state index is 11.9. The van der Waals surface area contributed by atoms with Crippen LogP contribution in [0.1, 0.15) is 19.8 Å². The molecular weight excluding hydrogens is 235 g/mol. The molecule has 0 spiro atoms. The van der Waals surface area contributed by atoms with Crippen LogP contribution in [0.15, 0.2) is 12.4 Å². The fourth-order valence-corrected chi connectivity index (χ4v) is 1.03. The van der Waals surface area contributed by atoms with Crippen LogP contribution < -0.4 is 10.1 Å². The number of aromatic nitrogens is 2. The summed E-state index contributed by atoms with van der Waals surface area (Å²) in [6, 6.07) is 0. The van der Waals surface area contributed by atoms with Crippen LogP contribution >= 0.6 is 0 Å². The highest BCUT2D eigenvalue weighted by Crippen LogP contribution is 2.19. The van der Waals surface area contributed by atoms with Crippen molar-refractivity contribution in [3.63, 3.8) is 0 Å². The van der Waals surface area contributed by atoms with E-state index in [1.807, 2.05) is 6.92 Å². The monoisotopic (exact) mass is 249 g/mol. The molecule has 0 aliphatic carbocycles. The summed E-state index contributed by atoms with van der Waals surface area (Å²) >= 11 is 0. The minimum atomic E-state index is -4.22. The van der Waals surface area contributed by atoms with Crippen LogP contribution in [-0.4, -0.2) is 29.3 Å². The summed E-state index contributed by atoms with van der Waals surface area (Å²) in [7, 11) is 0. The molecule has 1 aromatic heterocycles. The summed E-state index contributed by atoms with van der Waals surface area (Å²) in [6.45, 7) is 2.26. The Labute approximate surface area is 97.2 Å². The molecule has 0 saturated carbocycles. The standard InChI is InChI=1S/C10H14F3N3O/c1-2-4-15-8-6-14-7-9(16-8)17-5-3-10(11,12)13/h6-7H,2-5H2,1H3,(H,15,16). The number of nitrogens with one attached hydrogen (secondary N) is 1. The van der Waals surface area contributed by atoms with Gasteiger partial charge in [-0.1, -0.05) is 6.92 Å². The van der Waals surface area contributed by atoms with Gasteiger partial charge in [-0.05, 0) is 6.42 Å². The first-order chi connectivity index (χ1) is 8.01. The van der Waals surface area contributed by atoms with Gasteiger partial charge >= 0.3 is 6.18 Å². The fraction of sp³-hybridized carbons (Fsp3) is 0.600. The third-order valence-corrected chi connectivity index (χ3v) is 1.80. The van der Waals surface area contributed by atoms with E-state index in [4.69, 9.17) is 4.74 Å². The molecule has 17 heavy (non-hydrogen) atoms. The van der Waals surface area contributed by atoms with Crippen LogP contribution in [0.4, 0.5) is 19.0 Å². The van der Waals surface area contributed by atoms with Gasteiger partial charge in [0.05, 0.1) is 25.4 Å². The fourth-order valence-electron chi connectivity index (χ4n) is 1.03. The zero-order valence-corrected chi connectivity index (χ0v) is 9.42. The van der Waals surface area contributed by atoms with Crippen LogP contribution in [0.25, 0.3) is 0 Å². The van der Waals surface area contributed by atoms with Crippen molar-refractivity contribution >= 4 is 5.82 Å².